The Labute approximate surface area is 93.1 Å². The predicted molar refractivity (Wildman–Crippen MR) is 56.6 cm³/mol. The highest BCUT2D eigenvalue weighted by Gasteiger charge is 2.16. The van der Waals surface area contributed by atoms with Crippen molar-refractivity contribution in [3.05, 3.63) is 24.0 Å². The summed E-state index contributed by atoms with van der Waals surface area (Å²) in [5.41, 5.74) is 0.0818. The lowest BCUT2D eigenvalue weighted by Crippen LogP contribution is -2.11. The molecule has 5 heteroatoms. The van der Waals surface area contributed by atoms with Crippen LogP contribution >= 0.6 is 0 Å². The SMILES string of the molecule is CCCOc1cccnc1C(=O)CC(=O)O. The molecule has 0 aliphatic rings. The summed E-state index contributed by atoms with van der Waals surface area (Å²) in [7, 11) is 0. The Morgan fingerprint density at radius 3 is 2.88 bits per heavy atom. The molecule has 1 N–H and O–H groups in total. The number of hydrogen-bond donors (Lipinski definition) is 1. The summed E-state index contributed by atoms with van der Waals surface area (Å²) in [6, 6.07) is 3.25. The van der Waals surface area contributed by atoms with Crippen LogP contribution in [0.4, 0.5) is 0 Å². The van der Waals surface area contributed by atoms with Gasteiger partial charge in [-0.05, 0) is 18.6 Å². The molecule has 5 nitrogen and oxygen atoms in total. The van der Waals surface area contributed by atoms with Crippen LogP contribution in [0.3, 0.4) is 0 Å². The molecule has 0 unspecified atom stereocenters. The zero-order valence-corrected chi connectivity index (χ0v) is 8.97. The molecular formula is C11H13NO4. The van der Waals surface area contributed by atoms with Gasteiger partial charge in [-0.3, -0.25) is 9.59 Å². The van der Waals surface area contributed by atoms with E-state index in [2.05, 4.69) is 4.98 Å². The van der Waals surface area contributed by atoms with Crippen molar-refractivity contribution in [2.45, 2.75) is 19.8 Å². The molecule has 1 aromatic rings. The Balaban J connectivity index is 2.85. The molecule has 0 amide bonds. The van der Waals surface area contributed by atoms with Crippen molar-refractivity contribution >= 4 is 11.8 Å². The van der Waals surface area contributed by atoms with E-state index in [-0.39, 0.29) is 5.69 Å². The van der Waals surface area contributed by atoms with Gasteiger partial charge in [0.15, 0.2) is 5.78 Å². The maximum Gasteiger partial charge on any atom is 0.311 e. The smallest absolute Gasteiger partial charge is 0.311 e. The van der Waals surface area contributed by atoms with Crippen molar-refractivity contribution in [1.29, 1.82) is 0 Å². The fourth-order valence-corrected chi connectivity index (χ4v) is 1.15. The van der Waals surface area contributed by atoms with Crippen LogP contribution in [0.25, 0.3) is 0 Å². The van der Waals surface area contributed by atoms with Crippen LogP contribution in [-0.2, 0) is 4.79 Å². The van der Waals surface area contributed by atoms with Gasteiger partial charge in [0.1, 0.15) is 17.9 Å². The molecule has 1 rings (SSSR count). The number of ketones is 1. The number of aromatic nitrogens is 1. The number of aliphatic carboxylic acids is 1. The number of carboxylic acid groups (broad SMARTS) is 1. The van der Waals surface area contributed by atoms with Gasteiger partial charge in [0.05, 0.1) is 6.61 Å². The van der Waals surface area contributed by atoms with E-state index in [4.69, 9.17) is 9.84 Å². The summed E-state index contributed by atoms with van der Waals surface area (Å²) in [5, 5.41) is 8.52. The summed E-state index contributed by atoms with van der Waals surface area (Å²) in [4.78, 5) is 25.8. The van der Waals surface area contributed by atoms with Crippen molar-refractivity contribution in [3.8, 4) is 5.75 Å². The van der Waals surface area contributed by atoms with Crippen LogP contribution in [0.2, 0.25) is 0 Å². The number of Topliss-reactive ketones (excluding diaryl/α,β-unsaturated/α-hetero) is 1. The standard InChI is InChI=1S/C11H13NO4/c1-2-6-16-9-4-3-5-12-11(9)8(13)7-10(14)15/h3-5H,2,6-7H2,1H3,(H,14,15). The summed E-state index contributed by atoms with van der Waals surface area (Å²) in [6.07, 6.45) is 1.68. The molecule has 0 aliphatic heterocycles. The molecule has 0 fully saturated rings. The van der Waals surface area contributed by atoms with Crippen LogP contribution in [0.5, 0.6) is 5.75 Å². The molecule has 1 heterocycles. The van der Waals surface area contributed by atoms with Gasteiger partial charge < -0.3 is 9.84 Å². The number of rotatable bonds is 6. The van der Waals surface area contributed by atoms with E-state index < -0.39 is 18.2 Å². The summed E-state index contributed by atoms with van der Waals surface area (Å²) in [5.74, 6) is -1.37. The summed E-state index contributed by atoms with van der Waals surface area (Å²) >= 11 is 0. The van der Waals surface area contributed by atoms with Gasteiger partial charge in [0.2, 0.25) is 0 Å². The fourth-order valence-electron chi connectivity index (χ4n) is 1.15. The second kappa shape index (κ2) is 5.85. The quantitative estimate of drug-likeness (QED) is 0.584. The molecule has 0 aromatic carbocycles. The van der Waals surface area contributed by atoms with E-state index >= 15 is 0 Å². The van der Waals surface area contributed by atoms with Gasteiger partial charge in [0.25, 0.3) is 0 Å². The molecule has 0 spiro atoms. The van der Waals surface area contributed by atoms with Crippen LogP contribution in [-0.4, -0.2) is 28.4 Å². The highest BCUT2D eigenvalue weighted by atomic mass is 16.5. The van der Waals surface area contributed by atoms with E-state index in [1.807, 2.05) is 6.92 Å². The van der Waals surface area contributed by atoms with E-state index in [0.717, 1.165) is 6.42 Å². The minimum atomic E-state index is -1.17. The molecular weight excluding hydrogens is 210 g/mol. The van der Waals surface area contributed by atoms with Crippen molar-refractivity contribution in [3.63, 3.8) is 0 Å². The van der Waals surface area contributed by atoms with E-state index in [1.165, 1.54) is 6.20 Å². The maximum absolute atomic E-state index is 11.5. The van der Waals surface area contributed by atoms with Gasteiger partial charge in [-0.2, -0.15) is 0 Å². The topological polar surface area (TPSA) is 76.5 Å². The number of carbonyl (C=O) groups excluding carboxylic acids is 1. The number of carbonyl (C=O) groups is 2. The van der Waals surface area contributed by atoms with Crippen LogP contribution in [0.15, 0.2) is 18.3 Å². The fraction of sp³-hybridized carbons (Fsp3) is 0.364. The molecule has 16 heavy (non-hydrogen) atoms. The molecule has 0 saturated carbocycles. The van der Waals surface area contributed by atoms with Gasteiger partial charge in [-0.25, -0.2) is 4.98 Å². The Hall–Kier alpha value is -1.91. The lowest BCUT2D eigenvalue weighted by atomic mass is 10.2. The Kier molecular flexibility index (Phi) is 4.44. The van der Waals surface area contributed by atoms with Crippen LogP contribution in [0, 0.1) is 0 Å². The van der Waals surface area contributed by atoms with Crippen molar-refractivity contribution < 1.29 is 19.4 Å². The summed E-state index contributed by atoms with van der Waals surface area (Å²) < 4.78 is 5.31. The molecule has 86 valence electrons. The Bertz CT molecular complexity index is 389. The molecule has 0 bridgehead atoms. The molecule has 0 saturated heterocycles. The first kappa shape index (κ1) is 12.2. The first-order chi connectivity index (χ1) is 7.65. The zero-order chi connectivity index (χ0) is 12.0. The van der Waals surface area contributed by atoms with Crippen molar-refractivity contribution in [1.82, 2.24) is 4.98 Å². The number of carboxylic acids is 1. The normalized spacial score (nSPS) is 9.81. The number of nitrogens with zero attached hydrogens (tertiary/aromatic N) is 1. The van der Waals surface area contributed by atoms with Crippen molar-refractivity contribution in [2.24, 2.45) is 0 Å². The van der Waals surface area contributed by atoms with Crippen LogP contribution in [0.1, 0.15) is 30.3 Å². The van der Waals surface area contributed by atoms with Gasteiger partial charge in [-0.15, -0.1) is 0 Å². The lowest BCUT2D eigenvalue weighted by molar-refractivity contribution is -0.135. The zero-order valence-electron chi connectivity index (χ0n) is 8.97. The minimum Gasteiger partial charge on any atom is -0.491 e. The highest BCUT2D eigenvalue weighted by Crippen LogP contribution is 2.17. The average Bonchev–Trinajstić information content (AvgIpc) is 2.25. The first-order valence-corrected chi connectivity index (χ1v) is 4.98. The Morgan fingerprint density at radius 2 is 2.25 bits per heavy atom. The third-order valence-electron chi connectivity index (χ3n) is 1.81. The maximum atomic E-state index is 11.5. The Morgan fingerprint density at radius 1 is 1.50 bits per heavy atom. The molecule has 1 aromatic heterocycles. The largest absolute Gasteiger partial charge is 0.491 e. The monoisotopic (exact) mass is 223 g/mol. The molecule has 0 radical (unpaired) electrons. The number of ether oxygens (including phenoxy) is 1. The third-order valence-corrected chi connectivity index (χ3v) is 1.81. The third kappa shape index (κ3) is 3.34. The summed E-state index contributed by atoms with van der Waals surface area (Å²) in [6.45, 7) is 2.41. The number of hydrogen-bond acceptors (Lipinski definition) is 4. The van der Waals surface area contributed by atoms with Gasteiger partial charge >= 0.3 is 5.97 Å². The first-order valence-electron chi connectivity index (χ1n) is 4.98. The molecule has 0 aliphatic carbocycles. The average molecular weight is 223 g/mol. The van der Waals surface area contributed by atoms with Gasteiger partial charge in [-0.1, -0.05) is 6.92 Å². The van der Waals surface area contributed by atoms with Crippen LogP contribution < -0.4 is 4.74 Å². The second-order valence-corrected chi connectivity index (χ2v) is 3.19. The lowest BCUT2D eigenvalue weighted by Gasteiger charge is -2.07. The predicted octanol–water partition coefficient (Wildman–Crippen LogP) is 1.53. The van der Waals surface area contributed by atoms with E-state index in [1.54, 1.807) is 12.1 Å². The molecule has 0 atom stereocenters. The minimum absolute atomic E-state index is 0.0818. The van der Waals surface area contributed by atoms with Crippen molar-refractivity contribution in [2.75, 3.05) is 6.61 Å². The van der Waals surface area contributed by atoms with E-state index in [0.29, 0.717) is 12.4 Å². The highest BCUT2D eigenvalue weighted by molar-refractivity contribution is 6.05. The van der Waals surface area contributed by atoms with Gasteiger partial charge in [0, 0.05) is 6.20 Å². The van der Waals surface area contributed by atoms with E-state index in [9.17, 15) is 9.59 Å². The second-order valence-electron chi connectivity index (χ2n) is 3.19. The number of pyridine rings is 1.